The standard InChI is InChI=1S/C18H18ClN5O2/c1-2-26-17-14(19)9-6-10-15(17)21-18(25)16(24-12-20-22-23-24)11-13-7-4-3-5-8-13/h3-10,12,16H,2,11H2,1H3,(H,21,25). The number of carbonyl (C=O) groups excluding carboxylic acids is 1. The van der Waals surface area contributed by atoms with Crippen LogP contribution in [0.5, 0.6) is 5.75 Å². The summed E-state index contributed by atoms with van der Waals surface area (Å²) >= 11 is 6.19. The van der Waals surface area contributed by atoms with Crippen molar-refractivity contribution < 1.29 is 9.53 Å². The van der Waals surface area contributed by atoms with Crippen molar-refractivity contribution in [3.8, 4) is 5.75 Å². The van der Waals surface area contributed by atoms with Crippen LogP contribution in [0.1, 0.15) is 18.5 Å². The Bertz CT molecular complexity index is 855. The second-order valence-electron chi connectivity index (χ2n) is 5.53. The minimum Gasteiger partial charge on any atom is -0.490 e. The minimum absolute atomic E-state index is 0.260. The number of nitrogens with one attached hydrogen (secondary N) is 1. The highest BCUT2D eigenvalue weighted by atomic mass is 35.5. The van der Waals surface area contributed by atoms with Gasteiger partial charge in [0.15, 0.2) is 5.75 Å². The molecular weight excluding hydrogens is 354 g/mol. The molecule has 0 radical (unpaired) electrons. The summed E-state index contributed by atoms with van der Waals surface area (Å²) in [6, 6.07) is 14.3. The summed E-state index contributed by atoms with van der Waals surface area (Å²) in [4.78, 5) is 13.0. The molecule has 1 N–H and O–H groups in total. The van der Waals surface area contributed by atoms with Crippen LogP contribution in [0.4, 0.5) is 5.69 Å². The van der Waals surface area contributed by atoms with Gasteiger partial charge in [-0.3, -0.25) is 4.79 Å². The maximum Gasteiger partial charge on any atom is 0.249 e. The van der Waals surface area contributed by atoms with E-state index < -0.39 is 6.04 Å². The summed E-state index contributed by atoms with van der Waals surface area (Å²) in [7, 11) is 0. The SMILES string of the molecule is CCOc1c(Cl)cccc1NC(=O)C(Cc1ccccc1)n1cnnn1. The summed E-state index contributed by atoms with van der Waals surface area (Å²) in [6.07, 6.45) is 1.87. The first kappa shape index (κ1) is 17.9. The van der Waals surface area contributed by atoms with Crippen molar-refractivity contribution in [2.45, 2.75) is 19.4 Å². The average Bonchev–Trinajstić information content (AvgIpc) is 3.18. The van der Waals surface area contributed by atoms with E-state index in [9.17, 15) is 4.79 Å². The highest BCUT2D eigenvalue weighted by molar-refractivity contribution is 6.32. The topological polar surface area (TPSA) is 81.9 Å². The van der Waals surface area contributed by atoms with E-state index in [1.807, 2.05) is 37.3 Å². The summed E-state index contributed by atoms with van der Waals surface area (Å²) < 4.78 is 7.00. The number of ether oxygens (including phenoxy) is 1. The molecule has 1 aromatic heterocycles. The van der Waals surface area contributed by atoms with E-state index in [4.69, 9.17) is 16.3 Å². The number of benzene rings is 2. The third kappa shape index (κ3) is 4.18. The number of amides is 1. The van der Waals surface area contributed by atoms with Gasteiger partial charge in [-0.1, -0.05) is 48.0 Å². The Morgan fingerprint density at radius 2 is 2.04 bits per heavy atom. The number of halogens is 1. The van der Waals surface area contributed by atoms with E-state index in [2.05, 4.69) is 20.8 Å². The number of rotatable bonds is 7. The van der Waals surface area contributed by atoms with Crippen LogP contribution >= 0.6 is 11.6 Å². The second kappa shape index (κ2) is 8.44. The molecule has 0 aliphatic rings. The Balaban J connectivity index is 1.86. The van der Waals surface area contributed by atoms with Gasteiger partial charge >= 0.3 is 0 Å². The summed E-state index contributed by atoms with van der Waals surface area (Å²) in [5.41, 5.74) is 1.51. The molecule has 0 aliphatic heterocycles. The van der Waals surface area contributed by atoms with E-state index in [1.54, 1.807) is 18.2 Å². The highest BCUT2D eigenvalue weighted by Crippen LogP contribution is 2.33. The van der Waals surface area contributed by atoms with Crippen molar-refractivity contribution in [2.24, 2.45) is 0 Å². The smallest absolute Gasteiger partial charge is 0.249 e. The quantitative estimate of drug-likeness (QED) is 0.689. The lowest BCUT2D eigenvalue weighted by Gasteiger charge is -2.18. The lowest BCUT2D eigenvalue weighted by Crippen LogP contribution is -2.28. The Labute approximate surface area is 155 Å². The van der Waals surface area contributed by atoms with Gasteiger partial charge in [0.05, 0.1) is 17.3 Å². The molecule has 1 heterocycles. The van der Waals surface area contributed by atoms with Crippen LogP contribution < -0.4 is 10.1 Å². The molecule has 3 rings (SSSR count). The monoisotopic (exact) mass is 371 g/mol. The van der Waals surface area contributed by atoms with Crippen LogP contribution in [-0.4, -0.2) is 32.7 Å². The zero-order chi connectivity index (χ0) is 18.4. The van der Waals surface area contributed by atoms with Gasteiger partial charge in [-0.25, -0.2) is 4.68 Å². The van der Waals surface area contributed by atoms with E-state index in [1.165, 1.54) is 11.0 Å². The third-order valence-corrected chi connectivity index (χ3v) is 4.07. The predicted molar refractivity (Wildman–Crippen MR) is 98.3 cm³/mol. The lowest BCUT2D eigenvalue weighted by atomic mass is 10.1. The summed E-state index contributed by atoms with van der Waals surface area (Å²) in [5.74, 6) is 0.185. The molecule has 26 heavy (non-hydrogen) atoms. The van der Waals surface area contributed by atoms with Crippen LogP contribution in [0.3, 0.4) is 0 Å². The summed E-state index contributed by atoms with van der Waals surface area (Å²) in [5, 5.41) is 14.5. The van der Waals surface area contributed by atoms with Gasteiger partial charge in [0, 0.05) is 6.42 Å². The molecule has 0 aliphatic carbocycles. The number of carbonyl (C=O) groups is 1. The van der Waals surface area contributed by atoms with Crippen molar-refractivity contribution in [3.05, 3.63) is 65.4 Å². The normalized spacial score (nSPS) is 11.8. The molecule has 7 nitrogen and oxygen atoms in total. The number of para-hydroxylation sites is 1. The molecule has 2 aromatic carbocycles. The number of nitrogens with zero attached hydrogens (tertiary/aromatic N) is 4. The van der Waals surface area contributed by atoms with Gasteiger partial charge in [-0.05, 0) is 35.0 Å². The van der Waals surface area contributed by atoms with E-state index >= 15 is 0 Å². The number of hydrogen-bond donors (Lipinski definition) is 1. The van der Waals surface area contributed by atoms with Crippen molar-refractivity contribution in [1.82, 2.24) is 20.2 Å². The zero-order valence-corrected chi connectivity index (χ0v) is 14.9. The fourth-order valence-corrected chi connectivity index (χ4v) is 2.80. The molecule has 0 fully saturated rings. The minimum atomic E-state index is -0.610. The van der Waals surface area contributed by atoms with Gasteiger partial charge in [-0.15, -0.1) is 5.10 Å². The van der Waals surface area contributed by atoms with Crippen molar-refractivity contribution >= 4 is 23.2 Å². The fourth-order valence-electron chi connectivity index (χ4n) is 2.57. The molecule has 0 saturated carbocycles. The fraction of sp³-hybridized carbons (Fsp3) is 0.222. The number of hydrogen-bond acceptors (Lipinski definition) is 5. The molecule has 1 atom stereocenters. The Kier molecular flexibility index (Phi) is 5.80. The molecule has 1 amide bonds. The maximum absolute atomic E-state index is 13.0. The molecule has 1 unspecified atom stereocenters. The largest absolute Gasteiger partial charge is 0.490 e. The van der Waals surface area contributed by atoms with E-state index in [-0.39, 0.29) is 5.91 Å². The average molecular weight is 372 g/mol. The van der Waals surface area contributed by atoms with Crippen molar-refractivity contribution in [2.75, 3.05) is 11.9 Å². The first-order valence-electron chi connectivity index (χ1n) is 8.17. The highest BCUT2D eigenvalue weighted by Gasteiger charge is 2.24. The third-order valence-electron chi connectivity index (χ3n) is 3.77. The molecule has 0 spiro atoms. The van der Waals surface area contributed by atoms with Crippen molar-refractivity contribution in [1.29, 1.82) is 0 Å². The molecule has 0 saturated heterocycles. The Morgan fingerprint density at radius 3 is 2.73 bits per heavy atom. The van der Waals surface area contributed by atoms with Gasteiger partial charge in [0.1, 0.15) is 12.4 Å². The number of aromatic nitrogens is 4. The van der Waals surface area contributed by atoms with Crippen LogP contribution in [0.2, 0.25) is 5.02 Å². The van der Waals surface area contributed by atoms with Gasteiger partial charge in [0.2, 0.25) is 5.91 Å². The first-order valence-corrected chi connectivity index (χ1v) is 8.55. The van der Waals surface area contributed by atoms with Gasteiger partial charge in [0.25, 0.3) is 0 Å². The molecule has 3 aromatic rings. The van der Waals surface area contributed by atoms with Crippen LogP contribution in [0.25, 0.3) is 0 Å². The number of anilines is 1. The van der Waals surface area contributed by atoms with E-state index in [0.29, 0.717) is 29.5 Å². The molecular formula is C18H18ClN5O2. The zero-order valence-electron chi connectivity index (χ0n) is 14.2. The molecule has 8 heteroatoms. The molecule has 134 valence electrons. The molecule has 0 bridgehead atoms. The Morgan fingerprint density at radius 1 is 1.23 bits per heavy atom. The van der Waals surface area contributed by atoms with Crippen LogP contribution in [-0.2, 0) is 11.2 Å². The summed E-state index contributed by atoms with van der Waals surface area (Å²) in [6.45, 7) is 2.29. The van der Waals surface area contributed by atoms with E-state index in [0.717, 1.165) is 5.56 Å². The maximum atomic E-state index is 13.0. The predicted octanol–water partition coefficient (Wildman–Crippen LogP) is 3.15. The van der Waals surface area contributed by atoms with Crippen molar-refractivity contribution in [3.63, 3.8) is 0 Å². The van der Waals surface area contributed by atoms with Gasteiger partial charge < -0.3 is 10.1 Å². The Hall–Kier alpha value is -2.93. The first-order chi connectivity index (χ1) is 12.7. The second-order valence-corrected chi connectivity index (χ2v) is 5.94. The number of tetrazole rings is 1. The lowest BCUT2D eigenvalue weighted by molar-refractivity contribution is -0.119. The van der Waals surface area contributed by atoms with Crippen LogP contribution in [0, 0.1) is 0 Å². The van der Waals surface area contributed by atoms with Gasteiger partial charge in [-0.2, -0.15) is 0 Å². The van der Waals surface area contributed by atoms with Crippen LogP contribution in [0.15, 0.2) is 54.9 Å².